The number of thiazole rings is 1. The van der Waals surface area contributed by atoms with Crippen LogP contribution in [0, 0.1) is 5.82 Å². The number of carbonyl (C=O) groups excluding carboxylic acids is 1. The van der Waals surface area contributed by atoms with E-state index in [0.717, 1.165) is 34.6 Å². The van der Waals surface area contributed by atoms with Crippen LogP contribution >= 0.6 is 11.3 Å². The largest absolute Gasteiger partial charge is 0.461 e. The van der Waals surface area contributed by atoms with Crippen molar-refractivity contribution in [3.05, 3.63) is 77.2 Å². The van der Waals surface area contributed by atoms with Crippen molar-refractivity contribution in [2.75, 3.05) is 6.54 Å². The monoisotopic (exact) mass is 420 g/mol. The zero-order valence-electron chi connectivity index (χ0n) is 16.4. The minimum atomic E-state index is -0.315. The van der Waals surface area contributed by atoms with Crippen LogP contribution in [0.3, 0.4) is 0 Å². The fourth-order valence-electron chi connectivity index (χ4n) is 4.05. The second-order valence-corrected chi connectivity index (χ2v) is 8.57. The van der Waals surface area contributed by atoms with Crippen molar-refractivity contribution in [3.63, 3.8) is 0 Å². The predicted octanol–water partition coefficient (Wildman–Crippen LogP) is 5.99. The molecule has 0 N–H and O–H groups in total. The summed E-state index contributed by atoms with van der Waals surface area (Å²) in [7, 11) is 0. The van der Waals surface area contributed by atoms with Crippen molar-refractivity contribution >= 4 is 27.5 Å². The number of furan rings is 1. The summed E-state index contributed by atoms with van der Waals surface area (Å²) in [5.41, 5.74) is 1.43. The lowest BCUT2D eigenvalue weighted by atomic mass is 10.1. The van der Waals surface area contributed by atoms with Gasteiger partial charge >= 0.3 is 0 Å². The Balaban J connectivity index is 1.27. The number of rotatable bonds is 5. The smallest absolute Gasteiger partial charge is 0.223 e. The highest BCUT2D eigenvalue weighted by atomic mass is 32.1. The van der Waals surface area contributed by atoms with Gasteiger partial charge in [-0.3, -0.25) is 4.79 Å². The molecule has 2 aromatic heterocycles. The van der Waals surface area contributed by atoms with Crippen molar-refractivity contribution in [2.24, 2.45) is 0 Å². The van der Waals surface area contributed by atoms with Crippen LogP contribution in [0.5, 0.6) is 0 Å². The van der Waals surface area contributed by atoms with Gasteiger partial charge in [-0.05, 0) is 49.2 Å². The van der Waals surface area contributed by atoms with Crippen molar-refractivity contribution < 1.29 is 13.6 Å². The topological polar surface area (TPSA) is 46.3 Å². The molecule has 2 aromatic carbocycles. The molecule has 1 atom stereocenters. The summed E-state index contributed by atoms with van der Waals surface area (Å²) >= 11 is 1.67. The third-order valence-electron chi connectivity index (χ3n) is 5.55. The Morgan fingerprint density at radius 1 is 1.13 bits per heavy atom. The Morgan fingerprint density at radius 3 is 2.83 bits per heavy atom. The summed E-state index contributed by atoms with van der Waals surface area (Å²) < 4.78 is 20.9. The summed E-state index contributed by atoms with van der Waals surface area (Å²) in [5, 5.41) is 1.02. The fraction of sp³-hybridized carbons (Fsp3) is 0.250. The van der Waals surface area contributed by atoms with Crippen molar-refractivity contribution in [1.29, 1.82) is 0 Å². The highest BCUT2D eigenvalue weighted by Gasteiger charge is 2.32. The number of aryl methyl sites for hydroxylation is 1. The molecule has 0 spiro atoms. The number of halogens is 1. The molecule has 4 aromatic rings. The number of benzene rings is 2. The van der Waals surface area contributed by atoms with E-state index >= 15 is 0 Å². The number of aromatic nitrogens is 1. The molecule has 0 aliphatic carbocycles. The fourth-order valence-corrected chi connectivity index (χ4v) is 5.16. The SMILES string of the molecule is O=C(CCc1ccc(-c2ccccc2F)o1)N1CCC[C@@H]1c1nc2ccccc2s1. The molecule has 0 unspecified atom stereocenters. The first-order chi connectivity index (χ1) is 14.7. The van der Waals surface area contributed by atoms with Crippen molar-refractivity contribution in [1.82, 2.24) is 9.88 Å². The van der Waals surface area contributed by atoms with Gasteiger partial charge in [-0.1, -0.05) is 24.3 Å². The number of amides is 1. The van der Waals surface area contributed by atoms with Crippen LogP contribution < -0.4 is 0 Å². The van der Waals surface area contributed by atoms with Gasteiger partial charge in [0.2, 0.25) is 5.91 Å². The van der Waals surface area contributed by atoms with Gasteiger partial charge < -0.3 is 9.32 Å². The quantitative estimate of drug-likeness (QED) is 0.398. The molecule has 3 heterocycles. The van der Waals surface area contributed by atoms with Crippen molar-refractivity contribution in [2.45, 2.75) is 31.7 Å². The Labute approximate surface area is 178 Å². The van der Waals surface area contributed by atoms with Gasteiger partial charge in [-0.15, -0.1) is 11.3 Å². The molecular formula is C24H21FN2O2S. The van der Waals surface area contributed by atoms with E-state index in [2.05, 4.69) is 6.07 Å². The molecule has 1 fully saturated rings. The van der Waals surface area contributed by atoms with Crippen LogP contribution in [0.25, 0.3) is 21.5 Å². The number of likely N-dealkylation sites (tertiary alicyclic amines) is 1. The maximum absolute atomic E-state index is 14.0. The van der Waals surface area contributed by atoms with Gasteiger partial charge in [0.05, 0.1) is 21.8 Å². The van der Waals surface area contributed by atoms with Crippen LogP contribution in [0.2, 0.25) is 0 Å². The first-order valence-electron chi connectivity index (χ1n) is 10.2. The van der Waals surface area contributed by atoms with E-state index in [9.17, 15) is 9.18 Å². The highest BCUT2D eigenvalue weighted by molar-refractivity contribution is 7.18. The zero-order valence-corrected chi connectivity index (χ0v) is 17.2. The Hall–Kier alpha value is -2.99. The third-order valence-corrected chi connectivity index (χ3v) is 6.69. The number of carbonyl (C=O) groups is 1. The van der Waals surface area contributed by atoms with Gasteiger partial charge in [0.25, 0.3) is 0 Å². The van der Waals surface area contributed by atoms with Crippen LogP contribution in [0.4, 0.5) is 4.39 Å². The Morgan fingerprint density at radius 2 is 1.97 bits per heavy atom. The third kappa shape index (κ3) is 3.63. The number of hydrogen-bond acceptors (Lipinski definition) is 4. The van der Waals surface area contributed by atoms with E-state index < -0.39 is 0 Å². The lowest BCUT2D eigenvalue weighted by molar-refractivity contribution is -0.132. The summed E-state index contributed by atoms with van der Waals surface area (Å²) in [4.78, 5) is 19.7. The number of nitrogens with zero attached hydrogens (tertiary/aromatic N) is 2. The molecule has 0 saturated carbocycles. The number of hydrogen-bond donors (Lipinski definition) is 0. The molecule has 5 rings (SSSR count). The average molecular weight is 421 g/mol. The maximum Gasteiger partial charge on any atom is 0.223 e. The first kappa shape index (κ1) is 19.0. The van der Waals surface area contributed by atoms with Crippen LogP contribution in [0.1, 0.15) is 36.1 Å². The van der Waals surface area contributed by atoms with E-state index in [1.807, 2.05) is 29.2 Å². The van der Waals surface area contributed by atoms with Crippen LogP contribution in [-0.2, 0) is 11.2 Å². The van der Waals surface area contributed by atoms with Crippen LogP contribution in [0.15, 0.2) is 65.1 Å². The molecule has 1 aliphatic rings. The summed E-state index contributed by atoms with van der Waals surface area (Å²) in [6.45, 7) is 0.762. The average Bonchev–Trinajstić information content (AvgIpc) is 3.51. The maximum atomic E-state index is 14.0. The zero-order chi connectivity index (χ0) is 20.5. The van der Waals surface area contributed by atoms with Gasteiger partial charge in [0.1, 0.15) is 22.3 Å². The standard InChI is InChI=1S/C24H21FN2O2S/c25-18-7-2-1-6-17(18)21-13-11-16(29-21)12-14-23(28)27-15-5-9-20(27)24-26-19-8-3-4-10-22(19)30-24/h1-4,6-8,10-11,13,20H,5,9,12,14-15H2/t20-/m1/s1. The molecular weight excluding hydrogens is 399 g/mol. The first-order valence-corrected chi connectivity index (χ1v) is 11.0. The Kier molecular flexibility index (Phi) is 5.09. The summed E-state index contributed by atoms with van der Waals surface area (Å²) in [6, 6.07) is 18.3. The van der Waals surface area contributed by atoms with E-state index in [4.69, 9.17) is 9.40 Å². The summed E-state index contributed by atoms with van der Waals surface area (Å²) in [5.74, 6) is 0.979. The van der Waals surface area contributed by atoms with E-state index in [1.54, 1.807) is 35.6 Å². The minimum Gasteiger partial charge on any atom is -0.461 e. The normalized spacial score (nSPS) is 16.4. The molecule has 4 nitrogen and oxygen atoms in total. The second-order valence-electron chi connectivity index (χ2n) is 7.51. The second kappa shape index (κ2) is 8.03. The number of para-hydroxylation sites is 1. The van der Waals surface area contributed by atoms with Gasteiger partial charge in [-0.2, -0.15) is 0 Å². The van der Waals surface area contributed by atoms with E-state index in [-0.39, 0.29) is 17.8 Å². The number of fused-ring (bicyclic) bond motifs is 1. The highest BCUT2D eigenvalue weighted by Crippen LogP contribution is 2.37. The Bertz CT molecular complexity index is 1170. The molecule has 1 saturated heterocycles. The molecule has 1 aliphatic heterocycles. The lowest BCUT2D eigenvalue weighted by Gasteiger charge is -2.23. The van der Waals surface area contributed by atoms with E-state index in [0.29, 0.717) is 29.9 Å². The molecule has 6 heteroatoms. The molecule has 0 bridgehead atoms. The van der Waals surface area contributed by atoms with E-state index in [1.165, 1.54) is 6.07 Å². The lowest BCUT2D eigenvalue weighted by Crippen LogP contribution is -2.30. The molecule has 30 heavy (non-hydrogen) atoms. The predicted molar refractivity (Wildman–Crippen MR) is 116 cm³/mol. The van der Waals surface area contributed by atoms with Gasteiger partial charge in [-0.25, -0.2) is 9.37 Å². The summed E-state index contributed by atoms with van der Waals surface area (Å²) in [6.07, 6.45) is 2.80. The van der Waals surface area contributed by atoms with Crippen LogP contribution in [-0.4, -0.2) is 22.3 Å². The molecule has 0 radical (unpaired) electrons. The molecule has 1 amide bonds. The van der Waals surface area contributed by atoms with Gasteiger partial charge in [0.15, 0.2) is 0 Å². The van der Waals surface area contributed by atoms with Gasteiger partial charge in [0, 0.05) is 19.4 Å². The molecule has 152 valence electrons. The minimum absolute atomic E-state index is 0.0560. The van der Waals surface area contributed by atoms with Crippen molar-refractivity contribution in [3.8, 4) is 11.3 Å².